The molecular formula is C10H25N3O2S. The van der Waals surface area contributed by atoms with Crippen LogP contribution in [0.25, 0.3) is 0 Å². The SMILES string of the molecule is CCCNS(=O)(=O)N(C)C(CC)(CC)CN. The number of rotatable bonds is 8. The Kier molecular flexibility index (Phi) is 6.47. The van der Waals surface area contributed by atoms with Crippen molar-refractivity contribution in [2.75, 3.05) is 20.1 Å². The van der Waals surface area contributed by atoms with Crippen LogP contribution < -0.4 is 10.5 Å². The highest BCUT2D eigenvalue weighted by molar-refractivity contribution is 7.87. The van der Waals surface area contributed by atoms with Gasteiger partial charge in [-0.05, 0) is 19.3 Å². The molecule has 0 rings (SSSR count). The second-order valence-electron chi connectivity index (χ2n) is 4.00. The van der Waals surface area contributed by atoms with Crippen LogP contribution >= 0.6 is 0 Å². The van der Waals surface area contributed by atoms with E-state index in [0.29, 0.717) is 25.9 Å². The molecule has 5 nitrogen and oxygen atoms in total. The Hall–Kier alpha value is -0.170. The summed E-state index contributed by atoms with van der Waals surface area (Å²) in [5.74, 6) is 0. The van der Waals surface area contributed by atoms with E-state index in [1.165, 1.54) is 4.31 Å². The highest BCUT2D eigenvalue weighted by Gasteiger charge is 2.36. The first-order chi connectivity index (χ1) is 7.40. The first-order valence-corrected chi connectivity index (χ1v) is 7.27. The van der Waals surface area contributed by atoms with Gasteiger partial charge in [0.1, 0.15) is 0 Å². The lowest BCUT2D eigenvalue weighted by Crippen LogP contribution is -2.56. The molecule has 0 spiro atoms. The van der Waals surface area contributed by atoms with Crippen molar-refractivity contribution in [3.05, 3.63) is 0 Å². The first kappa shape index (κ1) is 15.8. The predicted octanol–water partition coefficient (Wildman–Crippen LogP) is 0.680. The third-order valence-electron chi connectivity index (χ3n) is 3.26. The highest BCUT2D eigenvalue weighted by Crippen LogP contribution is 2.23. The second kappa shape index (κ2) is 6.54. The highest BCUT2D eigenvalue weighted by atomic mass is 32.2. The van der Waals surface area contributed by atoms with E-state index in [4.69, 9.17) is 5.73 Å². The summed E-state index contributed by atoms with van der Waals surface area (Å²) in [6.07, 6.45) is 2.20. The molecule has 16 heavy (non-hydrogen) atoms. The molecule has 0 heterocycles. The Balaban J connectivity index is 4.93. The lowest BCUT2D eigenvalue weighted by atomic mass is 9.93. The van der Waals surface area contributed by atoms with Gasteiger partial charge in [0.25, 0.3) is 10.2 Å². The van der Waals surface area contributed by atoms with Gasteiger partial charge in [-0.3, -0.25) is 0 Å². The molecule has 0 bridgehead atoms. The van der Waals surface area contributed by atoms with E-state index in [1.54, 1.807) is 7.05 Å². The minimum Gasteiger partial charge on any atom is -0.329 e. The molecule has 0 radical (unpaired) electrons. The summed E-state index contributed by atoms with van der Waals surface area (Å²) >= 11 is 0. The van der Waals surface area contributed by atoms with Crippen LogP contribution in [0.3, 0.4) is 0 Å². The zero-order valence-electron chi connectivity index (χ0n) is 10.8. The molecule has 0 aliphatic heterocycles. The van der Waals surface area contributed by atoms with E-state index in [-0.39, 0.29) is 0 Å². The minimum absolute atomic E-state index is 0.337. The Morgan fingerprint density at radius 2 is 1.75 bits per heavy atom. The summed E-state index contributed by atoms with van der Waals surface area (Å²) in [4.78, 5) is 0. The van der Waals surface area contributed by atoms with E-state index in [9.17, 15) is 8.42 Å². The number of nitrogens with two attached hydrogens (primary N) is 1. The molecule has 0 saturated heterocycles. The average Bonchev–Trinajstić information content (AvgIpc) is 2.29. The maximum Gasteiger partial charge on any atom is 0.279 e. The average molecular weight is 251 g/mol. The number of nitrogens with zero attached hydrogens (tertiary/aromatic N) is 1. The Labute approximate surface area is 99.6 Å². The molecule has 0 aliphatic carbocycles. The molecule has 0 aromatic rings. The van der Waals surface area contributed by atoms with E-state index in [0.717, 1.165) is 6.42 Å². The van der Waals surface area contributed by atoms with Crippen molar-refractivity contribution in [3.8, 4) is 0 Å². The van der Waals surface area contributed by atoms with Gasteiger partial charge in [-0.25, -0.2) is 4.72 Å². The lowest BCUT2D eigenvalue weighted by Gasteiger charge is -2.38. The largest absolute Gasteiger partial charge is 0.329 e. The molecule has 3 N–H and O–H groups in total. The van der Waals surface area contributed by atoms with Gasteiger partial charge in [-0.2, -0.15) is 12.7 Å². The number of hydrogen-bond acceptors (Lipinski definition) is 3. The third kappa shape index (κ3) is 3.41. The molecule has 0 amide bonds. The van der Waals surface area contributed by atoms with Crippen molar-refractivity contribution in [3.63, 3.8) is 0 Å². The third-order valence-corrected chi connectivity index (χ3v) is 4.94. The van der Waals surface area contributed by atoms with Crippen molar-refractivity contribution in [1.82, 2.24) is 9.03 Å². The Morgan fingerprint density at radius 3 is 2.06 bits per heavy atom. The van der Waals surface area contributed by atoms with Crippen molar-refractivity contribution in [2.24, 2.45) is 5.73 Å². The number of likely N-dealkylation sites (N-methyl/N-ethyl adjacent to an activating group) is 1. The van der Waals surface area contributed by atoms with Gasteiger partial charge < -0.3 is 5.73 Å². The molecule has 0 fully saturated rings. The van der Waals surface area contributed by atoms with Crippen LogP contribution in [-0.2, 0) is 10.2 Å². The van der Waals surface area contributed by atoms with Gasteiger partial charge in [-0.15, -0.1) is 0 Å². The topological polar surface area (TPSA) is 75.4 Å². The summed E-state index contributed by atoms with van der Waals surface area (Å²) in [7, 11) is -1.82. The fourth-order valence-electron chi connectivity index (χ4n) is 1.70. The van der Waals surface area contributed by atoms with Crippen LogP contribution in [0.5, 0.6) is 0 Å². The molecule has 0 atom stereocenters. The van der Waals surface area contributed by atoms with Gasteiger partial charge in [0.2, 0.25) is 0 Å². The fourth-order valence-corrected chi connectivity index (χ4v) is 3.19. The zero-order chi connectivity index (χ0) is 12.8. The standard InChI is InChI=1S/C10H25N3O2S/c1-5-8-12-16(14,15)13(4)10(6-2,7-3)9-11/h12H,5-9,11H2,1-4H3. The van der Waals surface area contributed by atoms with E-state index in [1.807, 2.05) is 20.8 Å². The van der Waals surface area contributed by atoms with Crippen LogP contribution in [0, 0.1) is 0 Å². The maximum atomic E-state index is 12.0. The maximum absolute atomic E-state index is 12.0. The van der Waals surface area contributed by atoms with Gasteiger partial charge in [-0.1, -0.05) is 20.8 Å². The van der Waals surface area contributed by atoms with Crippen molar-refractivity contribution in [2.45, 2.75) is 45.6 Å². The van der Waals surface area contributed by atoms with Crippen LogP contribution in [0.15, 0.2) is 0 Å². The van der Waals surface area contributed by atoms with Gasteiger partial charge in [0, 0.05) is 25.7 Å². The predicted molar refractivity (Wildman–Crippen MR) is 67.3 cm³/mol. The molecule has 6 heteroatoms. The Morgan fingerprint density at radius 1 is 1.25 bits per heavy atom. The molecule has 0 saturated carbocycles. The van der Waals surface area contributed by atoms with Crippen molar-refractivity contribution < 1.29 is 8.42 Å². The molecule has 0 aromatic carbocycles. The summed E-state index contributed by atoms with van der Waals surface area (Å²) in [5.41, 5.74) is 5.25. The van der Waals surface area contributed by atoms with Crippen LogP contribution in [0.2, 0.25) is 0 Å². The molecular weight excluding hydrogens is 226 g/mol. The van der Waals surface area contributed by atoms with Crippen LogP contribution in [0.4, 0.5) is 0 Å². The fraction of sp³-hybridized carbons (Fsp3) is 1.00. The smallest absolute Gasteiger partial charge is 0.279 e. The molecule has 0 aromatic heterocycles. The quantitative estimate of drug-likeness (QED) is 0.666. The molecule has 0 aliphatic rings. The summed E-state index contributed by atoms with van der Waals surface area (Å²) in [5, 5.41) is 0. The summed E-state index contributed by atoms with van der Waals surface area (Å²) in [6, 6.07) is 0. The van der Waals surface area contributed by atoms with Crippen molar-refractivity contribution in [1.29, 1.82) is 0 Å². The number of hydrogen-bond donors (Lipinski definition) is 2. The van der Waals surface area contributed by atoms with E-state index >= 15 is 0 Å². The Bertz CT molecular complexity index is 278. The summed E-state index contributed by atoms with van der Waals surface area (Å²) in [6.45, 7) is 6.65. The second-order valence-corrected chi connectivity index (χ2v) is 5.79. The van der Waals surface area contributed by atoms with E-state index < -0.39 is 15.7 Å². The van der Waals surface area contributed by atoms with E-state index in [2.05, 4.69) is 4.72 Å². The van der Waals surface area contributed by atoms with Gasteiger partial charge >= 0.3 is 0 Å². The monoisotopic (exact) mass is 251 g/mol. The summed E-state index contributed by atoms with van der Waals surface area (Å²) < 4.78 is 27.9. The van der Waals surface area contributed by atoms with Crippen LogP contribution in [0.1, 0.15) is 40.0 Å². The molecule has 0 unspecified atom stereocenters. The van der Waals surface area contributed by atoms with Gasteiger partial charge in [0.05, 0.1) is 0 Å². The number of nitrogens with one attached hydrogen (secondary N) is 1. The first-order valence-electron chi connectivity index (χ1n) is 5.83. The lowest BCUT2D eigenvalue weighted by molar-refractivity contribution is 0.205. The molecule has 98 valence electrons. The zero-order valence-corrected chi connectivity index (χ0v) is 11.6. The van der Waals surface area contributed by atoms with Gasteiger partial charge in [0.15, 0.2) is 0 Å². The van der Waals surface area contributed by atoms with Crippen molar-refractivity contribution >= 4 is 10.2 Å². The van der Waals surface area contributed by atoms with Crippen LogP contribution in [-0.4, -0.2) is 38.4 Å². The normalized spacial score (nSPS) is 13.4. The minimum atomic E-state index is -3.41.